The fraction of sp³-hybridized carbons (Fsp3) is 0.100. The molecule has 0 saturated heterocycles. The molecule has 0 N–H and O–H groups in total. The van der Waals surface area contributed by atoms with E-state index in [9.17, 15) is 0 Å². The molecule has 1 aliphatic rings. The van der Waals surface area contributed by atoms with E-state index in [1.807, 2.05) is 18.2 Å². The molecule has 0 atom stereocenters. The van der Waals surface area contributed by atoms with Crippen LogP contribution in [-0.2, 0) is 9.31 Å². The maximum atomic E-state index is 8.87. The van der Waals surface area contributed by atoms with Gasteiger partial charge in [0.25, 0.3) is 0 Å². The van der Waals surface area contributed by atoms with Gasteiger partial charge in [0, 0.05) is 5.46 Å². The third-order valence-corrected chi connectivity index (χ3v) is 1.98. The molecular weight excluding hydrogens is 177 g/mol. The lowest BCUT2D eigenvalue weighted by Gasteiger charge is -2.16. The average Bonchev–Trinajstić information content (AvgIpc) is 2.30. The molecule has 14 heavy (non-hydrogen) atoms. The van der Waals surface area contributed by atoms with Crippen molar-refractivity contribution in [2.24, 2.45) is 0 Å². The van der Waals surface area contributed by atoms with Gasteiger partial charge in [-0.3, -0.25) is 0 Å². The standard InChI is InChI=1S/C10H8BNO2/c12-8-9-4-1-2-5-10(9)11-13-6-3-7-14-11/h1-6H,7H2. The van der Waals surface area contributed by atoms with Crippen LogP contribution in [-0.4, -0.2) is 13.7 Å². The first kappa shape index (κ1) is 8.85. The van der Waals surface area contributed by atoms with Gasteiger partial charge >= 0.3 is 7.12 Å². The van der Waals surface area contributed by atoms with Crippen LogP contribution in [0.3, 0.4) is 0 Å². The van der Waals surface area contributed by atoms with Crippen molar-refractivity contribution in [3.8, 4) is 6.07 Å². The summed E-state index contributed by atoms with van der Waals surface area (Å²) >= 11 is 0. The second-order valence-electron chi connectivity index (χ2n) is 2.87. The molecule has 4 heteroatoms. The summed E-state index contributed by atoms with van der Waals surface area (Å²) in [7, 11) is -0.448. The summed E-state index contributed by atoms with van der Waals surface area (Å²) in [5, 5.41) is 8.87. The lowest BCUT2D eigenvalue weighted by molar-refractivity contribution is 0.264. The Bertz CT molecular complexity index is 397. The van der Waals surface area contributed by atoms with Crippen LogP contribution in [0.4, 0.5) is 0 Å². The zero-order chi connectivity index (χ0) is 9.80. The Morgan fingerprint density at radius 1 is 1.36 bits per heavy atom. The van der Waals surface area contributed by atoms with Crippen molar-refractivity contribution in [3.05, 3.63) is 42.2 Å². The minimum absolute atomic E-state index is 0.448. The molecule has 0 aliphatic carbocycles. The molecule has 1 aromatic carbocycles. The van der Waals surface area contributed by atoms with Gasteiger partial charge in [0.1, 0.15) is 0 Å². The molecule has 0 bridgehead atoms. The summed E-state index contributed by atoms with van der Waals surface area (Å²) in [6, 6.07) is 9.38. The lowest BCUT2D eigenvalue weighted by Crippen LogP contribution is -2.39. The molecule has 0 aromatic heterocycles. The summed E-state index contributed by atoms with van der Waals surface area (Å²) in [6.45, 7) is 0.518. The minimum Gasteiger partial charge on any atom is -0.538 e. The smallest absolute Gasteiger partial charge is 0.538 e. The fourth-order valence-electron chi connectivity index (χ4n) is 1.32. The third kappa shape index (κ3) is 1.63. The van der Waals surface area contributed by atoms with Gasteiger partial charge in [-0.2, -0.15) is 5.26 Å². The number of benzene rings is 1. The largest absolute Gasteiger partial charge is 0.563 e. The van der Waals surface area contributed by atoms with Crippen LogP contribution in [0.5, 0.6) is 0 Å². The molecule has 1 heterocycles. The number of hydrogen-bond acceptors (Lipinski definition) is 3. The van der Waals surface area contributed by atoms with Gasteiger partial charge in [0.05, 0.1) is 24.5 Å². The monoisotopic (exact) mass is 185 g/mol. The van der Waals surface area contributed by atoms with Gasteiger partial charge < -0.3 is 9.31 Å². The molecule has 68 valence electrons. The van der Waals surface area contributed by atoms with Crippen molar-refractivity contribution in [2.45, 2.75) is 0 Å². The topological polar surface area (TPSA) is 42.2 Å². The van der Waals surface area contributed by atoms with Crippen molar-refractivity contribution >= 4 is 12.6 Å². The van der Waals surface area contributed by atoms with Gasteiger partial charge in [-0.1, -0.05) is 18.2 Å². The van der Waals surface area contributed by atoms with Gasteiger partial charge in [-0.25, -0.2) is 0 Å². The Morgan fingerprint density at radius 2 is 2.21 bits per heavy atom. The molecule has 1 aromatic rings. The first-order valence-electron chi connectivity index (χ1n) is 4.33. The molecule has 0 amide bonds. The average molecular weight is 185 g/mol. The number of rotatable bonds is 1. The van der Waals surface area contributed by atoms with Gasteiger partial charge in [0.15, 0.2) is 0 Å². The van der Waals surface area contributed by atoms with Crippen LogP contribution in [0.25, 0.3) is 0 Å². The molecule has 0 unspecified atom stereocenters. The number of nitriles is 1. The van der Waals surface area contributed by atoms with E-state index in [2.05, 4.69) is 6.07 Å². The lowest BCUT2D eigenvalue weighted by atomic mass is 9.75. The predicted molar refractivity (Wildman–Crippen MR) is 52.7 cm³/mol. The summed E-state index contributed by atoms with van der Waals surface area (Å²) in [5.41, 5.74) is 1.37. The highest BCUT2D eigenvalue weighted by molar-refractivity contribution is 6.62. The Kier molecular flexibility index (Phi) is 2.52. The molecule has 1 aliphatic heterocycles. The quantitative estimate of drug-likeness (QED) is 0.608. The minimum atomic E-state index is -0.448. The Morgan fingerprint density at radius 3 is 2.93 bits per heavy atom. The molecule has 0 spiro atoms. The highest BCUT2D eigenvalue weighted by Crippen LogP contribution is 2.03. The van der Waals surface area contributed by atoms with Crippen LogP contribution in [0.2, 0.25) is 0 Å². The van der Waals surface area contributed by atoms with Crippen LogP contribution in [0.15, 0.2) is 36.6 Å². The van der Waals surface area contributed by atoms with Crippen molar-refractivity contribution in [3.63, 3.8) is 0 Å². The molecule has 2 rings (SSSR count). The first-order chi connectivity index (χ1) is 6.92. The van der Waals surface area contributed by atoms with E-state index in [4.69, 9.17) is 14.6 Å². The highest BCUT2D eigenvalue weighted by Gasteiger charge is 2.26. The highest BCUT2D eigenvalue weighted by atomic mass is 16.6. The Hall–Kier alpha value is -1.73. The van der Waals surface area contributed by atoms with Gasteiger partial charge in [0.2, 0.25) is 0 Å². The Labute approximate surface area is 82.7 Å². The number of hydrogen-bond donors (Lipinski definition) is 0. The predicted octanol–water partition coefficient (Wildman–Crippen LogP) is 0.814. The van der Waals surface area contributed by atoms with E-state index in [1.54, 1.807) is 18.4 Å². The van der Waals surface area contributed by atoms with Crippen molar-refractivity contribution in [2.75, 3.05) is 6.61 Å². The summed E-state index contributed by atoms with van der Waals surface area (Å²) in [5.74, 6) is 0. The van der Waals surface area contributed by atoms with Crippen LogP contribution >= 0.6 is 0 Å². The molecule has 0 fully saturated rings. The Balaban J connectivity index is 2.31. The zero-order valence-electron chi connectivity index (χ0n) is 7.51. The summed E-state index contributed by atoms with van der Waals surface area (Å²) < 4.78 is 10.6. The van der Waals surface area contributed by atoms with Crippen molar-refractivity contribution in [1.29, 1.82) is 5.26 Å². The molecule has 0 saturated carbocycles. The van der Waals surface area contributed by atoms with E-state index in [1.165, 1.54) is 0 Å². The van der Waals surface area contributed by atoms with Crippen LogP contribution < -0.4 is 5.46 Å². The number of nitrogens with zero attached hydrogens (tertiary/aromatic N) is 1. The normalized spacial score (nSPS) is 14.6. The van der Waals surface area contributed by atoms with Gasteiger partial charge in [-0.15, -0.1) is 0 Å². The molecular formula is C10H8BNO2. The van der Waals surface area contributed by atoms with E-state index in [-0.39, 0.29) is 0 Å². The van der Waals surface area contributed by atoms with Gasteiger partial charge in [-0.05, 0) is 12.1 Å². The van der Waals surface area contributed by atoms with E-state index in [0.717, 1.165) is 5.46 Å². The third-order valence-electron chi connectivity index (χ3n) is 1.98. The van der Waals surface area contributed by atoms with Crippen molar-refractivity contribution < 1.29 is 9.31 Å². The summed E-state index contributed by atoms with van der Waals surface area (Å²) in [6.07, 6.45) is 3.38. The maximum absolute atomic E-state index is 8.87. The van der Waals surface area contributed by atoms with Crippen molar-refractivity contribution in [1.82, 2.24) is 0 Å². The fourth-order valence-corrected chi connectivity index (χ4v) is 1.32. The first-order valence-corrected chi connectivity index (χ1v) is 4.33. The van der Waals surface area contributed by atoms with Crippen LogP contribution in [0, 0.1) is 11.3 Å². The molecule has 0 radical (unpaired) electrons. The van der Waals surface area contributed by atoms with E-state index in [0.29, 0.717) is 12.2 Å². The molecule has 3 nitrogen and oxygen atoms in total. The zero-order valence-corrected chi connectivity index (χ0v) is 7.51. The summed E-state index contributed by atoms with van der Waals surface area (Å²) in [4.78, 5) is 0. The second kappa shape index (κ2) is 3.99. The van der Waals surface area contributed by atoms with E-state index >= 15 is 0 Å². The second-order valence-corrected chi connectivity index (χ2v) is 2.87. The SMILES string of the molecule is N#Cc1ccccc1B1OC=CCO1. The van der Waals surface area contributed by atoms with E-state index < -0.39 is 7.12 Å². The van der Waals surface area contributed by atoms with Crippen LogP contribution in [0.1, 0.15) is 5.56 Å². The maximum Gasteiger partial charge on any atom is 0.563 e.